The van der Waals surface area contributed by atoms with Crippen LogP contribution in [0.3, 0.4) is 0 Å². The first-order valence-electron chi connectivity index (χ1n) is 10.3. The van der Waals surface area contributed by atoms with E-state index in [9.17, 15) is 18.5 Å². The minimum atomic E-state index is -3.78. The molecule has 9 nitrogen and oxygen atoms in total. The monoisotopic (exact) mass is 448 g/mol. The number of nitro benzene ring substituents is 1. The highest BCUT2D eigenvalue weighted by Gasteiger charge is 2.25. The fourth-order valence-corrected chi connectivity index (χ4v) is 5.04. The van der Waals surface area contributed by atoms with Crippen molar-refractivity contribution in [3.63, 3.8) is 0 Å². The first kappa shape index (κ1) is 23.1. The van der Waals surface area contributed by atoms with E-state index in [0.717, 1.165) is 31.3 Å². The van der Waals surface area contributed by atoms with Crippen molar-refractivity contribution in [2.45, 2.75) is 25.3 Å². The summed E-state index contributed by atoms with van der Waals surface area (Å²) >= 11 is 0. The van der Waals surface area contributed by atoms with Gasteiger partial charge in [0.1, 0.15) is 5.69 Å². The van der Waals surface area contributed by atoms with Crippen molar-refractivity contribution in [2.24, 2.45) is 0 Å². The Hall–Kier alpha value is -2.53. The third-order valence-corrected chi connectivity index (χ3v) is 7.27. The SMILES string of the molecule is CCN(CC)S(=O)(=O)c1ccc(Nc2cccc(CN3CCOCC3)c2)c([N+](=O)[O-])c1. The zero-order valence-electron chi connectivity index (χ0n) is 17.8. The lowest BCUT2D eigenvalue weighted by Crippen LogP contribution is -2.35. The highest BCUT2D eigenvalue weighted by Crippen LogP contribution is 2.31. The van der Waals surface area contributed by atoms with E-state index in [4.69, 9.17) is 4.74 Å². The lowest BCUT2D eigenvalue weighted by Gasteiger charge is -2.26. The molecule has 10 heteroatoms. The summed E-state index contributed by atoms with van der Waals surface area (Å²) in [6.07, 6.45) is 0. The van der Waals surface area contributed by atoms with Crippen LogP contribution in [0, 0.1) is 10.1 Å². The maximum Gasteiger partial charge on any atom is 0.294 e. The molecule has 31 heavy (non-hydrogen) atoms. The Labute approximate surface area is 182 Å². The van der Waals surface area contributed by atoms with E-state index in [1.165, 1.54) is 16.4 Å². The number of rotatable bonds is 9. The van der Waals surface area contributed by atoms with Crippen molar-refractivity contribution in [3.05, 3.63) is 58.1 Å². The highest BCUT2D eigenvalue weighted by molar-refractivity contribution is 7.89. The molecule has 2 aromatic rings. The maximum atomic E-state index is 12.7. The number of sulfonamides is 1. The lowest BCUT2D eigenvalue weighted by atomic mass is 10.1. The Balaban J connectivity index is 1.84. The number of hydrogen-bond acceptors (Lipinski definition) is 7. The van der Waals surface area contributed by atoms with Gasteiger partial charge in [0.25, 0.3) is 5.69 Å². The Morgan fingerprint density at radius 2 is 1.84 bits per heavy atom. The first-order valence-corrected chi connectivity index (χ1v) is 11.7. The summed E-state index contributed by atoms with van der Waals surface area (Å²) in [5, 5.41) is 14.7. The van der Waals surface area contributed by atoms with Gasteiger partial charge in [0, 0.05) is 44.5 Å². The number of benzene rings is 2. The van der Waals surface area contributed by atoms with Gasteiger partial charge < -0.3 is 10.1 Å². The van der Waals surface area contributed by atoms with Crippen LogP contribution in [0.4, 0.5) is 17.1 Å². The number of nitrogens with zero attached hydrogens (tertiary/aromatic N) is 3. The lowest BCUT2D eigenvalue weighted by molar-refractivity contribution is -0.384. The summed E-state index contributed by atoms with van der Waals surface area (Å²) in [5.74, 6) is 0. The van der Waals surface area contributed by atoms with Gasteiger partial charge in [-0.1, -0.05) is 26.0 Å². The van der Waals surface area contributed by atoms with E-state index in [-0.39, 0.29) is 16.3 Å². The first-order chi connectivity index (χ1) is 14.8. The minimum Gasteiger partial charge on any atom is -0.379 e. The van der Waals surface area contributed by atoms with Gasteiger partial charge in [0.05, 0.1) is 23.0 Å². The van der Waals surface area contributed by atoms with Crippen molar-refractivity contribution in [1.82, 2.24) is 9.21 Å². The molecule has 0 aromatic heterocycles. The fourth-order valence-electron chi connectivity index (χ4n) is 3.56. The van der Waals surface area contributed by atoms with Crippen LogP contribution in [-0.4, -0.2) is 61.9 Å². The Morgan fingerprint density at radius 3 is 2.48 bits per heavy atom. The van der Waals surface area contributed by atoms with Crippen LogP contribution in [0.1, 0.15) is 19.4 Å². The molecule has 1 N–H and O–H groups in total. The standard InChI is InChI=1S/C21H28N4O5S/c1-3-24(4-2)31(28,29)19-8-9-20(21(15-19)25(26)27)22-18-7-5-6-17(14-18)16-23-10-12-30-13-11-23/h5-9,14-15,22H,3-4,10-13,16H2,1-2H3. The molecule has 3 rings (SSSR count). The molecular weight excluding hydrogens is 420 g/mol. The number of nitrogens with one attached hydrogen (secondary N) is 1. The van der Waals surface area contributed by atoms with Gasteiger partial charge in [-0.05, 0) is 29.8 Å². The molecule has 0 aliphatic carbocycles. The minimum absolute atomic E-state index is 0.0884. The average molecular weight is 449 g/mol. The van der Waals surface area contributed by atoms with Crippen LogP contribution in [-0.2, 0) is 21.3 Å². The second-order valence-corrected chi connectivity index (χ2v) is 9.18. The summed E-state index contributed by atoms with van der Waals surface area (Å²) in [7, 11) is -3.78. The molecule has 0 saturated carbocycles. The molecule has 168 valence electrons. The van der Waals surface area contributed by atoms with Gasteiger partial charge in [0.2, 0.25) is 10.0 Å². The summed E-state index contributed by atoms with van der Waals surface area (Å²) in [5.41, 5.74) is 1.74. The van der Waals surface area contributed by atoms with Crippen molar-refractivity contribution < 1.29 is 18.1 Å². The molecule has 1 aliphatic heterocycles. The number of nitro groups is 1. The van der Waals surface area contributed by atoms with Crippen LogP contribution in [0.5, 0.6) is 0 Å². The second kappa shape index (κ2) is 10.2. The molecule has 0 amide bonds. The van der Waals surface area contributed by atoms with Gasteiger partial charge in [-0.3, -0.25) is 15.0 Å². The molecule has 1 aliphatic rings. The third-order valence-electron chi connectivity index (χ3n) is 5.22. The Bertz CT molecular complexity index is 1020. The Morgan fingerprint density at radius 1 is 1.13 bits per heavy atom. The highest BCUT2D eigenvalue weighted by atomic mass is 32.2. The second-order valence-electron chi connectivity index (χ2n) is 7.24. The van der Waals surface area contributed by atoms with Gasteiger partial charge in [0.15, 0.2) is 0 Å². The molecule has 0 atom stereocenters. The molecule has 1 heterocycles. The van der Waals surface area contributed by atoms with Crippen molar-refractivity contribution in [3.8, 4) is 0 Å². The fraction of sp³-hybridized carbons (Fsp3) is 0.429. The molecule has 1 saturated heterocycles. The summed E-state index contributed by atoms with van der Waals surface area (Å²) in [6.45, 7) is 7.98. The largest absolute Gasteiger partial charge is 0.379 e. The van der Waals surface area contributed by atoms with E-state index < -0.39 is 14.9 Å². The summed E-state index contributed by atoms with van der Waals surface area (Å²) < 4.78 is 32.1. The summed E-state index contributed by atoms with van der Waals surface area (Å²) in [4.78, 5) is 13.3. The predicted molar refractivity (Wildman–Crippen MR) is 119 cm³/mol. The van der Waals surface area contributed by atoms with Crippen molar-refractivity contribution in [2.75, 3.05) is 44.7 Å². The number of anilines is 2. The van der Waals surface area contributed by atoms with Gasteiger partial charge in [-0.25, -0.2) is 8.42 Å². The van der Waals surface area contributed by atoms with E-state index in [2.05, 4.69) is 10.2 Å². The average Bonchev–Trinajstić information content (AvgIpc) is 2.75. The van der Waals surface area contributed by atoms with Crippen molar-refractivity contribution in [1.29, 1.82) is 0 Å². The van der Waals surface area contributed by atoms with Crippen LogP contribution < -0.4 is 5.32 Å². The van der Waals surface area contributed by atoms with E-state index >= 15 is 0 Å². The molecule has 2 aromatic carbocycles. The van der Waals surface area contributed by atoms with Crippen LogP contribution in [0.15, 0.2) is 47.4 Å². The number of morpholine rings is 1. The van der Waals surface area contributed by atoms with Gasteiger partial charge in [-0.2, -0.15) is 4.31 Å². The van der Waals surface area contributed by atoms with Crippen LogP contribution in [0.25, 0.3) is 0 Å². The zero-order chi connectivity index (χ0) is 22.4. The van der Waals surface area contributed by atoms with Crippen LogP contribution >= 0.6 is 0 Å². The number of ether oxygens (including phenoxy) is 1. The predicted octanol–water partition coefficient (Wildman–Crippen LogP) is 3.20. The third kappa shape index (κ3) is 5.59. The molecule has 1 fully saturated rings. The van der Waals surface area contributed by atoms with E-state index in [0.29, 0.717) is 32.0 Å². The zero-order valence-corrected chi connectivity index (χ0v) is 18.6. The molecule has 0 unspecified atom stereocenters. The molecule has 0 spiro atoms. The molecule has 0 radical (unpaired) electrons. The van der Waals surface area contributed by atoms with Gasteiger partial charge in [-0.15, -0.1) is 0 Å². The van der Waals surface area contributed by atoms with E-state index in [1.807, 2.05) is 24.3 Å². The molecule has 0 bridgehead atoms. The van der Waals surface area contributed by atoms with Gasteiger partial charge >= 0.3 is 0 Å². The smallest absolute Gasteiger partial charge is 0.294 e. The number of hydrogen-bond donors (Lipinski definition) is 1. The van der Waals surface area contributed by atoms with Crippen LogP contribution in [0.2, 0.25) is 0 Å². The normalized spacial score (nSPS) is 15.2. The Kier molecular flexibility index (Phi) is 7.60. The molecular formula is C21H28N4O5S. The van der Waals surface area contributed by atoms with E-state index in [1.54, 1.807) is 13.8 Å². The van der Waals surface area contributed by atoms with Crippen molar-refractivity contribution >= 4 is 27.1 Å². The maximum absolute atomic E-state index is 12.7. The summed E-state index contributed by atoms with van der Waals surface area (Å²) in [6, 6.07) is 11.6. The quantitative estimate of drug-likeness (QED) is 0.464. The topological polar surface area (TPSA) is 105 Å².